The fourth-order valence-corrected chi connectivity index (χ4v) is 2.80. The molecule has 1 unspecified atom stereocenters. The first-order valence-corrected chi connectivity index (χ1v) is 6.86. The van der Waals surface area contributed by atoms with E-state index in [1.54, 1.807) is 0 Å². The zero-order chi connectivity index (χ0) is 14.0. The number of benzene rings is 1. The molecule has 4 heteroatoms. The van der Waals surface area contributed by atoms with Crippen LogP contribution in [0, 0.1) is 0 Å². The van der Waals surface area contributed by atoms with Crippen molar-refractivity contribution < 1.29 is 4.79 Å². The smallest absolute Gasteiger partial charge is 0.244 e. The number of rotatable bonds is 3. The predicted octanol–water partition coefficient (Wildman–Crippen LogP) is 1.29. The highest BCUT2D eigenvalue weighted by Crippen LogP contribution is 2.31. The van der Waals surface area contributed by atoms with Gasteiger partial charge in [-0.1, -0.05) is 25.1 Å². The SMILES string of the molecule is CCc1ccccc1N1C(CN)C(=O)NCC1(C)C. The van der Waals surface area contributed by atoms with Crippen LogP contribution < -0.4 is 16.0 Å². The molecule has 0 radical (unpaired) electrons. The number of piperazine rings is 1. The van der Waals surface area contributed by atoms with Gasteiger partial charge >= 0.3 is 0 Å². The van der Waals surface area contributed by atoms with Gasteiger partial charge in [0, 0.05) is 18.8 Å². The van der Waals surface area contributed by atoms with Crippen LogP contribution in [-0.4, -0.2) is 30.6 Å². The van der Waals surface area contributed by atoms with Crippen LogP contribution >= 0.6 is 0 Å². The minimum absolute atomic E-state index is 0.0210. The summed E-state index contributed by atoms with van der Waals surface area (Å²) in [6.45, 7) is 7.38. The number of anilines is 1. The Morgan fingerprint density at radius 2 is 2.11 bits per heavy atom. The van der Waals surface area contributed by atoms with E-state index in [1.807, 2.05) is 12.1 Å². The van der Waals surface area contributed by atoms with E-state index < -0.39 is 0 Å². The van der Waals surface area contributed by atoms with Crippen molar-refractivity contribution in [1.29, 1.82) is 0 Å². The Morgan fingerprint density at radius 3 is 2.74 bits per heavy atom. The molecule has 3 N–H and O–H groups in total. The molecule has 1 aromatic rings. The van der Waals surface area contributed by atoms with Crippen molar-refractivity contribution in [1.82, 2.24) is 5.32 Å². The molecule has 0 bridgehead atoms. The normalized spacial score (nSPS) is 22.2. The Balaban J connectivity index is 2.50. The van der Waals surface area contributed by atoms with Gasteiger partial charge in [0.15, 0.2) is 0 Å². The first-order chi connectivity index (χ1) is 9.01. The highest BCUT2D eigenvalue weighted by atomic mass is 16.2. The molecule has 4 nitrogen and oxygen atoms in total. The molecule has 0 saturated carbocycles. The van der Waals surface area contributed by atoms with Crippen LogP contribution in [-0.2, 0) is 11.2 Å². The molecule has 0 spiro atoms. The summed E-state index contributed by atoms with van der Waals surface area (Å²) < 4.78 is 0. The van der Waals surface area contributed by atoms with E-state index in [0.29, 0.717) is 13.1 Å². The average Bonchev–Trinajstić information content (AvgIpc) is 2.41. The monoisotopic (exact) mass is 261 g/mol. The van der Waals surface area contributed by atoms with Crippen molar-refractivity contribution in [3.05, 3.63) is 29.8 Å². The summed E-state index contributed by atoms with van der Waals surface area (Å²) in [4.78, 5) is 14.2. The molecular formula is C15H23N3O. The first-order valence-electron chi connectivity index (χ1n) is 6.86. The third-order valence-corrected chi connectivity index (χ3v) is 3.82. The van der Waals surface area contributed by atoms with E-state index >= 15 is 0 Å². The summed E-state index contributed by atoms with van der Waals surface area (Å²) >= 11 is 0. The number of nitrogens with two attached hydrogens (primary N) is 1. The van der Waals surface area contributed by atoms with Crippen LogP contribution in [0.15, 0.2) is 24.3 Å². The van der Waals surface area contributed by atoms with Crippen LogP contribution in [0.1, 0.15) is 26.3 Å². The van der Waals surface area contributed by atoms with Crippen molar-refractivity contribution in [3.8, 4) is 0 Å². The lowest BCUT2D eigenvalue weighted by Crippen LogP contribution is -2.68. The van der Waals surface area contributed by atoms with E-state index in [2.05, 4.69) is 43.1 Å². The summed E-state index contributed by atoms with van der Waals surface area (Å²) in [5.74, 6) is 0.0210. The summed E-state index contributed by atoms with van der Waals surface area (Å²) in [6, 6.07) is 7.96. The highest BCUT2D eigenvalue weighted by Gasteiger charge is 2.41. The minimum atomic E-state index is -0.295. The van der Waals surface area contributed by atoms with E-state index in [9.17, 15) is 4.79 Å². The van der Waals surface area contributed by atoms with Crippen molar-refractivity contribution in [2.24, 2.45) is 5.73 Å². The van der Waals surface area contributed by atoms with Crippen LogP contribution in [0.3, 0.4) is 0 Å². The van der Waals surface area contributed by atoms with E-state index in [4.69, 9.17) is 5.73 Å². The van der Waals surface area contributed by atoms with Gasteiger partial charge in [-0.15, -0.1) is 0 Å². The lowest BCUT2D eigenvalue weighted by molar-refractivity contribution is -0.124. The van der Waals surface area contributed by atoms with Gasteiger partial charge in [-0.25, -0.2) is 0 Å². The van der Waals surface area contributed by atoms with Gasteiger partial charge in [-0.05, 0) is 31.9 Å². The molecule has 19 heavy (non-hydrogen) atoms. The highest BCUT2D eigenvalue weighted by molar-refractivity contribution is 5.88. The maximum absolute atomic E-state index is 12.1. The average molecular weight is 261 g/mol. The Bertz CT molecular complexity index is 470. The van der Waals surface area contributed by atoms with Gasteiger partial charge in [0.2, 0.25) is 5.91 Å². The van der Waals surface area contributed by atoms with Gasteiger partial charge in [-0.2, -0.15) is 0 Å². The van der Waals surface area contributed by atoms with E-state index in [-0.39, 0.29) is 17.5 Å². The summed E-state index contributed by atoms with van der Waals surface area (Å²) in [7, 11) is 0. The Kier molecular flexibility index (Phi) is 3.80. The number of aryl methyl sites for hydroxylation is 1. The molecule has 1 heterocycles. The Morgan fingerprint density at radius 1 is 1.42 bits per heavy atom. The molecule has 0 aliphatic carbocycles. The number of carbonyl (C=O) groups is 1. The number of amides is 1. The molecule has 1 atom stereocenters. The van der Waals surface area contributed by atoms with Crippen molar-refractivity contribution in [2.75, 3.05) is 18.0 Å². The molecule has 1 fully saturated rings. The lowest BCUT2D eigenvalue weighted by atomic mass is 9.93. The second kappa shape index (κ2) is 5.21. The number of nitrogens with one attached hydrogen (secondary N) is 1. The van der Waals surface area contributed by atoms with Gasteiger partial charge in [0.05, 0.1) is 5.54 Å². The summed E-state index contributed by atoms with van der Waals surface area (Å²) in [6.07, 6.45) is 0.946. The van der Waals surface area contributed by atoms with Crippen LogP contribution in [0.2, 0.25) is 0 Å². The van der Waals surface area contributed by atoms with Gasteiger partial charge in [0.25, 0.3) is 0 Å². The second-order valence-electron chi connectivity index (χ2n) is 5.63. The van der Waals surface area contributed by atoms with Gasteiger partial charge in [-0.3, -0.25) is 4.79 Å². The third kappa shape index (κ3) is 2.45. The number of carbonyl (C=O) groups excluding carboxylic acids is 1. The quantitative estimate of drug-likeness (QED) is 0.862. The fourth-order valence-electron chi connectivity index (χ4n) is 2.80. The van der Waals surface area contributed by atoms with Crippen molar-refractivity contribution in [2.45, 2.75) is 38.8 Å². The van der Waals surface area contributed by atoms with Gasteiger partial charge < -0.3 is 16.0 Å². The Hall–Kier alpha value is -1.55. The van der Waals surface area contributed by atoms with Gasteiger partial charge in [0.1, 0.15) is 6.04 Å². The molecule has 1 aliphatic heterocycles. The largest absolute Gasteiger partial charge is 0.352 e. The molecular weight excluding hydrogens is 238 g/mol. The molecule has 2 rings (SSSR count). The molecule has 104 valence electrons. The maximum Gasteiger partial charge on any atom is 0.244 e. The predicted molar refractivity (Wildman–Crippen MR) is 78.2 cm³/mol. The van der Waals surface area contributed by atoms with Crippen LogP contribution in [0.25, 0.3) is 0 Å². The first kappa shape index (κ1) is 13.9. The number of para-hydroxylation sites is 1. The lowest BCUT2D eigenvalue weighted by Gasteiger charge is -2.49. The van der Waals surface area contributed by atoms with Crippen molar-refractivity contribution in [3.63, 3.8) is 0 Å². The third-order valence-electron chi connectivity index (χ3n) is 3.82. The van der Waals surface area contributed by atoms with E-state index in [0.717, 1.165) is 12.1 Å². The fraction of sp³-hybridized carbons (Fsp3) is 0.533. The minimum Gasteiger partial charge on any atom is -0.352 e. The Labute approximate surface area is 115 Å². The number of nitrogens with zero attached hydrogens (tertiary/aromatic N) is 1. The zero-order valence-electron chi connectivity index (χ0n) is 11.9. The van der Waals surface area contributed by atoms with E-state index in [1.165, 1.54) is 5.56 Å². The zero-order valence-corrected chi connectivity index (χ0v) is 11.9. The summed E-state index contributed by atoms with van der Waals surface area (Å²) in [5, 5.41) is 2.95. The number of hydrogen-bond donors (Lipinski definition) is 2. The maximum atomic E-state index is 12.1. The second-order valence-corrected chi connectivity index (χ2v) is 5.63. The number of hydrogen-bond acceptors (Lipinski definition) is 3. The summed E-state index contributed by atoms with van der Waals surface area (Å²) in [5.41, 5.74) is 8.07. The molecule has 0 aromatic heterocycles. The van der Waals surface area contributed by atoms with Crippen molar-refractivity contribution >= 4 is 11.6 Å². The standard InChI is InChI=1S/C15H23N3O/c1-4-11-7-5-6-8-12(11)18-13(9-16)14(19)17-10-15(18,2)3/h5-8,13H,4,9-10,16H2,1-3H3,(H,17,19). The molecule has 1 aromatic carbocycles. The molecule has 1 saturated heterocycles. The van der Waals surface area contributed by atoms with Crippen LogP contribution in [0.4, 0.5) is 5.69 Å². The molecule has 1 amide bonds. The molecule has 1 aliphatic rings. The van der Waals surface area contributed by atoms with Crippen LogP contribution in [0.5, 0.6) is 0 Å². The topological polar surface area (TPSA) is 58.4 Å².